The monoisotopic (exact) mass is 247 g/mol. The minimum atomic E-state index is -0.0431. The van der Waals surface area contributed by atoms with Crippen LogP contribution in [0.5, 0.6) is 5.75 Å². The molecule has 2 aromatic rings. The molecule has 0 aliphatic carbocycles. The summed E-state index contributed by atoms with van der Waals surface area (Å²) in [5.41, 5.74) is 0.585. The Morgan fingerprint density at radius 3 is 2.59 bits per heavy atom. The molecule has 17 heavy (non-hydrogen) atoms. The van der Waals surface area contributed by atoms with E-state index in [1.165, 1.54) is 12.1 Å². The van der Waals surface area contributed by atoms with Crippen molar-refractivity contribution in [2.24, 2.45) is 0 Å². The fraction of sp³-hybridized carbons (Fsp3) is 0.154. The van der Waals surface area contributed by atoms with Gasteiger partial charge in [0.25, 0.3) is 5.91 Å². The highest BCUT2D eigenvalue weighted by molar-refractivity contribution is 7.09. The van der Waals surface area contributed by atoms with Gasteiger partial charge in [0.1, 0.15) is 5.75 Å². The molecule has 0 radical (unpaired) electrons. The molecule has 0 unspecified atom stereocenters. The zero-order valence-electron chi connectivity index (χ0n) is 9.46. The number of carbonyl (C=O) groups excluding carboxylic acids is 1. The number of hydrogen-bond donors (Lipinski definition) is 1. The van der Waals surface area contributed by atoms with Crippen molar-refractivity contribution in [3.05, 3.63) is 52.2 Å². The largest absolute Gasteiger partial charge is 0.508 e. The molecule has 3 nitrogen and oxygen atoms in total. The van der Waals surface area contributed by atoms with Gasteiger partial charge in [-0.15, -0.1) is 11.3 Å². The highest BCUT2D eigenvalue weighted by Gasteiger charge is 2.12. The van der Waals surface area contributed by atoms with Crippen LogP contribution >= 0.6 is 11.3 Å². The second-order valence-corrected chi connectivity index (χ2v) is 4.82. The van der Waals surface area contributed by atoms with Crippen LogP contribution < -0.4 is 0 Å². The maximum atomic E-state index is 12.0. The fourth-order valence-electron chi connectivity index (χ4n) is 1.53. The Balaban J connectivity index is 2.07. The van der Waals surface area contributed by atoms with E-state index in [1.54, 1.807) is 35.4 Å². The first-order valence-electron chi connectivity index (χ1n) is 5.23. The molecule has 4 heteroatoms. The number of phenols is 1. The van der Waals surface area contributed by atoms with Crippen molar-refractivity contribution in [3.8, 4) is 5.75 Å². The van der Waals surface area contributed by atoms with Gasteiger partial charge in [-0.2, -0.15) is 0 Å². The quantitative estimate of drug-likeness (QED) is 0.906. The first-order chi connectivity index (χ1) is 8.16. The molecule has 0 spiro atoms. The Labute approximate surface area is 104 Å². The minimum Gasteiger partial charge on any atom is -0.508 e. The number of carbonyl (C=O) groups is 1. The molecule has 0 bridgehead atoms. The topological polar surface area (TPSA) is 40.5 Å². The van der Waals surface area contributed by atoms with Crippen molar-refractivity contribution in [2.45, 2.75) is 6.54 Å². The average Bonchev–Trinajstić information content (AvgIpc) is 2.82. The predicted molar refractivity (Wildman–Crippen MR) is 68.2 cm³/mol. The van der Waals surface area contributed by atoms with Crippen molar-refractivity contribution in [2.75, 3.05) is 7.05 Å². The van der Waals surface area contributed by atoms with E-state index in [2.05, 4.69) is 0 Å². The van der Waals surface area contributed by atoms with Crippen LogP contribution in [-0.2, 0) is 6.54 Å². The highest BCUT2D eigenvalue weighted by Crippen LogP contribution is 2.15. The molecule has 0 saturated carbocycles. The number of rotatable bonds is 3. The molecular formula is C13H13NO2S. The zero-order valence-corrected chi connectivity index (χ0v) is 10.3. The molecule has 2 rings (SSSR count). The van der Waals surface area contributed by atoms with Gasteiger partial charge in [-0.05, 0) is 35.7 Å². The van der Waals surface area contributed by atoms with Gasteiger partial charge in [0.15, 0.2) is 0 Å². The third kappa shape index (κ3) is 2.85. The number of hydrogen-bond acceptors (Lipinski definition) is 3. The number of amides is 1. The highest BCUT2D eigenvalue weighted by atomic mass is 32.1. The van der Waals surface area contributed by atoms with Crippen molar-refractivity contribution in [1.82, 2.24) is 4.90 Å². The van der Waals surface area contributed by atoms with E-state index in [-0.39, 0.29) is 11.7 Å². The SMILES string of the molecule is CN(Cc1cccs1)C(=O)c1ccc(O)cc1. The normalized spacial score (nSPS) is 10.2. The van der Waals surface area contributed by atoms with Gasteiger partial charge in [-0.1, -0.05) is 6.07 Å². The number of nitrogens with zero attached hydrogens (tertiary/aromatic N) is 1. The number of phenolic OH excluding ortho intramolecular Hbond substituents is 1. The molecule has 1 aromatic carbocycles. The van der Waals surface area contributed by atoms with E-state index in [0.29, 0.717) is 12.1 Å². The van der Waals surface area contributed by atoms with E-state index in [0.717, 1.165) is 4.88 Å². The lowest BCUT2D eigenvalue weighted by atomic mass is 10.2. The molecule has 0 atom stereocenters. The van der Waals surface area contributed by atoms with Gasteiger partial charge >= 0.3 is 0 Å². The Bertz CT molecular complexity index is 491. The van der Waals surface area contributed by atoms with Gasteiger partial charge < -0.3 is 10.0 Å². The summed E-state index contributed by atoms with van der Waals surface area (Å²) in [5, 5.41) is 11.2. The maximum Gasteiger partial charge on any atom is 0.253 e. The van der Waals surface area contributed by atoms with Crippen LogP contribution in [0.25, 0.3) is 0 Å². The second kappa shape index (κ2) is 5.01. The van der Waals surface area contributed by atoms with Crippen LogP contribution in [0.3, 0.4) is 0 Å². The third-order valence-electron chi connectivity index (χ3n) is 2.43. The van der Waals surface area contributed by atoms with Gasteiger partial charge in [-0.25, -0.2) is 0 Å². The van der Waals surface area contributed by atoms with Crippen LogP contribution in [0.1, 0.15) is 15.2 Å². The lowest BCUT2D eigenvalue weighted by molar-refractivity contribution is 0.0786. The average molecular weight is 247 g/mol. The summed E-state index contributed by atoms with van der Waals surface area (Å²) >= 11 is 1.63. The van der Waals surface area contributed by atoms with Crippen molar-refractivity contribution in [1.29, 1.82) is 0 Å². The Kier molecular flexibility index (Phi) is 3.44. The van der Waals surface area contributed by atoms with E-state index >= 15 is 0 Å². The molecule has 0 saturated heterocycles. The van der Waals surface area contributed by atoms with Crippen LogP contribution in [0.4, 0.5) is 0 Å². The van der Waals surface area contributed by atoms with E-state index in [1.807, 2.05) is 17.5 Å². The summed E-state index contributed by atoms with van der Waals surface area (Å²) in [6.07, 6.45) is 0. The van der Waals surface area contributed by atoms with Crippen molar-refractivity contribution in [3.63, 3.8) is 0 Å². The number of thiophene rings is 1. The van der Waals surface area contributed by atoms with E-state index in [4.69, 9.17) is 5.11 Å². The Morgan fingerprint density at radius 2 is 2.00 bits per heavy atom. The molecule has 1 heterocycles. The lowest BCUT2D eigenvalue weighted by Crippen LogP contribution is -2.25. The van der Waals surface area contributed by atoms with Gasteiger partial charge in [0.2, 0.25) is 0 Å². The summed E-state index contributed by atoms with van der Waals surface area (Å²) in [5.74, 6) is 0.126. The summed E-state index contributed by atoms with van der Waals surface area (Å²) in [6.45, 7) is 0.609. The van der Waals surface area contributed by atoms with Crippen molar-refractivity contribution >= 4 is 17.2 Å². The Hall–Kier alpha value is -1.81. The smallest absolute Gasteiger partial charge is 0.253 e. The van der Waals surface area contributed by atoms with E-state index in [9.17, 15) is 4.79 Å². The van der Waals surface area contributed by atoms with E-state index < -0.39 is 0 Å². The molecule has 1 N–H and O–H groups in total. The molecule has 1 aromatic heterocycles. The summed E-state index contributed by atoms with van der Waals surface area (Å²) in [7, 11) is 1.77. The summed E-state index contributed by atoms with van der Waals surface area (Å²) in [4.78, 5) is 14.8. The lowest BCUT2D eigenvalue weighted by Gasteiger charge is -2.16. The molecular weight excluding hydrogens is 234 g/mol. The van der Waals surface area contributed by atoms with Gasteiger partial charge in [0.05, 0.1) is 6.54 Å². The Morgan fingerprint density at radius 1 is 1.29 bits per heavy atom. The molecule has 0 fully saturated rings. The summed E-state index contributed by atoms with van der Waals surface area (Å²) in [6, 6.07) is 10.3. The van der Waals surface area contributed by atoms with Crippen LogP contribution in [-0.4, -0.2) is 23.0 Å². The first kappa shape index (κ1) is 11.7. The molecule has 88 valence electrons. The third-order valence-corrected chi connectivity index (χ3v) is 3.30. The number of benzene rings is 1. The summed E-state index contributed by atoms with van der Waals surface area (Å²) < 4.78 is 0. The minimum absolute atomic E-state index is 0.0431. The van der Waals surface area contributed by atoms with Gasteiger partial charge in [-0.3, -0.25) is 4.79 Å². The zero-order chi connectivity index (χ0) is 12.3. The fourth-order valence-corrected chi connectivity index (χ4v) is 2.29. The second-order valence-electron chi connectivity index (χ2n) is 3.79. The van der Waals surface area contributed by atoms with Crippen LogP contribution in [0.2, 0.25) is 0 Å². The molecule has 0 aliphatic rings. The predicted octanol–water partition coefficient (Wildman–Crippen LogP) is 2.73. The van der Waals surface area contributed by atoms with Crippen LogP contribution in [0.15, 0.2) is 41.8 Å². The van der Waals surface area contributed by atoms with Crippen LogP contribution in [0, 0.1) is 0 Å². The van der Waals surface area contributed by atoms with Crippen molar-refractivity contribution < 1.29 is 9.90 Å². The number of aromatic hydroxyl groups is 1. The molecule has 0 aliphatic heterocycles. The van der Waals surface area contributed by atoms with Gasteiger partial charge in [0, 0.05) is 17.5 Å². The molecule has 1 amide bonds. The first-order valence-corrected chi connectivity index (χ1v) is 6.11. The standard InChI is InChI=1S/C13H13NO2S/c1-14(9-12-3-2-8-17-12)13(16)10-4-6-11(15)7-5-10/h2-8,15H,9H2,1H3. The maximum absolute atomic E-state index is 12.0.